The minimum atomic E-state index is -1.01. The van der Waals surface area contributed by atoms with Gasteiger partial charge in [-0.15, -0.1) is 0 Å². The zero-order valence-corrected chi connectivity index (χ0v) is 14.6. The van der Waals surface area contributed by atoms with Gasteiger partial charge in [0.15, 0.2) is 6.10 Å². The third kappa shape index (κ3) is 4.50. The molecule has 1 amide bonds. The van der Waals surface area contributed by atoms with Crippen LogP contribution in [0.15, 0.2) is 36.4 Å². The van der Waals surface area contributed by atoms with Gasteiger partial charge in [-0.2, -0.15) is 0 Å². The molecule has 132 valence electrons. The number of nitrogens with one attached hydrogen (secondary N) is 1. The lowest BCUT2D eigenvalue weighted by atomic mass is 10.1. The molecule has 25 heavy (non-hydrogen) atoms. The summed E-state index contributed by atoms with van der Waals surface area (Å²) in [7, 11) is 1.51. The summed E-state index contributed by atoms with van der Waals surface area (Å²) in [6, 6.07) is 9.83. The number of methoxy groups -OCH3 is 1. The van der Waals surface area contributed by atoms with Crippen LogP contribution in [0.4, 0.5) is 5.69 Å². The Hall–Kier alpha value is -3.02. The Morgan fingerprint density at radius 3 is 2.48 bits per heavy atom. The predicted octanol–water partition coefficient (Wildman–Crippen LogP) is 3.20. The number of hydrogen-bond donors (Lipinski definition) is 2. The number of carbonyl (C=O) groups is 2. The highest BCUT2D eigenvalue weighted by molar-refractivity contribution is 5.98. The van der Waals surface area contributed by atoms with Crippen molar-refractivity contribution in [2.45, 2.75) is 26.9 Å². The zero-order valence-electron chi connectivity index (χ0n) is 14.6. The highest BCUT2D eigenvalue weighted by Crippen LogP contribution is 2.25. The van der Waals surface area contributed by atoms with E-state index in [2.05, 4.69) is 5.32 Å². The third-order valence-corrected chi connectivity index (χ3v) is 3.71. The fourth-order valence-electron chi connectivity index (χ4n) is 2.17. The van der Waals surface area contributed by atoms with E-state index in [4.69, 9.17) is 9.47 Å². The molecule has 1 atom stereocenters. The number of phenolic OH excluding ortho intramolecular Hbond substituents is 1. The van der Waals surface area contributed by atoms with E-state index < -0.39 is 18.0 Å². The molecule has 0 saturated carbocycles. The first-order valence-electron chi connectivity index (χ1n) is 7.78. The molecule has 6 heteroatoms. The lowest BCUT2D eigenvalue weighted by molar-refractivity contribution is -0.123. The van der Waals surface area contributed by atoms with Crippen LogP contribution in [0.25, 0.3) is 0 Å². The van der Waals surface area contributed by atoms with E-state index in [9.17, 15) is 14.7 Å². The van der Waals surface area contributed by atoms with Gasteiger partial charge in [-0.1, -0.05) is 12.1 Å². The van der Waals surface area contributed by atoms with Crippen molar-refractivity contribution >= 4 is 17.6 Å². The molecule has 2 aromatic rings. The first-order valence-corrected chi connectivity index (χ1v) is 7.78. The number of amides is 1. The van der Waals surface area contributed by atoms with E-state index in [1.54, 1.807) is 25.1 Å². The van der Waals surface area contributed by atoms with E-state index in [1.165, 1.54) is 26.2 Å². The Labute approximate surface area is 146 Å². The SMILES string of the molecule is COc1ccc(C)cc1NC(=O)[C@H](C)OC(=O)c1ccc(C)c(O)c1. The number of benzene rings is 2. The van der Waals surface area contributed by atoms with Crippen molar-refractivity contribution in [2.24, 2.45) is 0 Å². The van der Waals surface area contributed by atoms with Crippen molar-refractivity contribution in [1.29, 1.82) is 0 Å². The van der Waals surface area contributed by atoms with Crippen LogP contribution in [0.3, 0.4) is 0 Å². The van der Waals surface area contributed by atoms with Crippen molar-refractivity contribution in [1.82, 2.24) is 0 Å². The molecule has 2 aromatic carbocycles. The van der Waals surface area contributed by atoms with Crippen molar-refractivity contribution < 1.29 is 24.2 Å². The lowest BCUT2D eigenvalue weighted by Gasteiger charge is -2.16. The number of aryl methyl sites for hydroxylation is 2. The smallest absolute Gasteiger partial charge is 0.339 e. The van der Waals surface area contributed by atoms with Crippen LogP contribution < -0.4 is 10.1 Å². The van der Waals surface area contributed by atoms with Crippen molar-refractivity contribution in [3.63, 3.8) is 0 Å². The molecule has 0 saturated heterocycles. The second kappa shape index (κ2) is 7.70. The lowest BCUT2D eigenvalue weighted by Crippen LogP contribution is -2.30. The van der Waals surface area contributed by atoms with Crippen molar-refractivity contribution in [2.75, 3.05) is 12.4 Å². The minimum Gasteiger partial charge on any atom is -0.508 e. The van der Waals surface area contributed by atoms with Gasteiger partial charge in [0.1, 0.15) is 11.5 Å². The van der Waals surface area contributed by atoms with Gasteiger partial charge in [0.05, 0.1) is 18.4 Å². The standard InChI is InChI=1S/C19H21NO5/c1-11-5-8-17(24-4)15(9-11)20-18(22)13(3)25-19(23)14-7-6-12(2)16(21)10-14/h5-10,13,21H,1-4H3,(H,20,22)/t13-/m0/s1. The van der Waals surface area contributed by atoms with E-state index in [-0.39, 0.29) is 11.3 Å². The Morgan fingerprint density at radius 2 is 1.84 bits per heavy atom. The maximum absolute atomic E-state index is 12.3. The summed E-state index contributed by atoms with van der Waals surface area (Å²) in [6.45, 7) is 5.09. The fraction of sp³-hybridized carbons (Fsp3) is 0.263. The first kappa shape index (κ1) is 18.3. The van der Waals surface area contributed by atoms with Gasteiger partial charge in [-0.05, 0) is 56.2 Å². The molecule has 0 aromatic heterocycles. The highest BCUT2D eigenvalue weighted by atomic mass is 16.5. The summed E-state index contributed by atoms with van der Waals surface area (Å²) >= 11 is 0. The van der Waals surface area contributed by atoms with Crippen LogP contribution in [0.1, 0.15) is 28.4 Å². The molecular weight excluding hydrogens is 322 g/mol. The molecule has 0 aliphatic heterocycles. The van der Waals surface area contributed by atoms with Crippen LogP contribution in [0.2, 0.25) is 0 Å². The van der Waals surface area contributed by atoms with Gasteiger partial charge in [0, 0.05) is 0 Å². The molecular formula is C19H21NO5. The summed E-state index contributed by atoms with van der Waals surface area (Å²) in [5, 5.41) is 12.4. The number of phenols is 1. The Kier molecular flexibility index (Phi) is 5.64. The van der Waals surface area contributed by atoms with E-state index in [0.29, 0.717) is 17.0 Å². The van der Waals surface area contributed by atoms with Crippen LogP contribution in [0, 0.1) is 13.8 Å². The Balaban J connectivity index is 2.06. The molecule has 2 rings (SSSR count). The summed E-state index contributed by atoms with van der Waals surface area (Å²) in [5.74, 6) is -0.653. The maximum atomic E-state index is 12.3. The Morgan fingerprint density at radius 1 is 1.12 bits per heavy atom. The van der Waals surface area contributed by atoms with Gasteiger partial charge in [0.2, 0.25) is 0 Å². The molecule has 0 radical (unpaired) electrons. The number of anilines is 1. The molecule has 0 heterocycles. The summed E-state index contributed by atoms with van der Waals surface area (Å²) < 4.78 is 10.4. The van der Waals surface area contributed by atoms with Crippen LogP contribution in [0.5, 0.6) is 11.5 Å². The van der Waals surface area contributed by atoms with Gasteiger partial charge in [0.25, 0.3) is 5.91 Å². The number of rotatable bonds is 5. The van der Waals surface area contributed by atoms with Crippen LogP contribution >= 0.6 is 0 Å². The molecule has 0 aliphatic rings. The van der Waals surface area contributed by atoms with Crippen molar-refractivity contribution in [3.05, 3.63) is 53.1 Å². The van der Waals surface area contributed by atoms with Crippen LogP contribution in [-0.4, -0.2) is 30.2 Å². The highest BCUT2D eigenvalue weighted by Gasteiger charge is 2.20. The van der Waals surface area contributed by atoms with E-state index >= 15 is 0 Å². The second-order valence-corrected chi connectivity index (χ2v) is 5.74. The number of esters is 1. The molecule has 2 N–H and O–H groups in total. The van der Waals surface area contributed by atoms with Gasteiger partial charge in [-0.3, -0.25) is 4.79 Å². The van der Waals surface area contributed by atoms with Gasteiger partial charge in [-0.25, -0.2) is 4.79 Å². The normalized spacial score (nSPS) is 11.5. The molecule has 0 fully saturated rings. The van der Waals surface area contributed by atoms with Gasteiger partial charge >= 0.3 is 5.97 Å². The van der Waals surface area contributed by atoms with Gasteiger partial charge < -0.3 is 19.9 Å². The molecule has 0 unspecified atom stereocenters. The average molecular weight is 343 g/mol. The minimum absolute atomic E-state index is 0.00366. The summed E-state index contributed by atoms with van der Waals surface area (Å²) in [5.41, 5.74) is 2.28. The zero-order chi connectivity index (χ0) is 18.6. The second-order valence-electron chi connectivity index (χ2n) is 5.74. The number of ether oxygens (including phenoxy) is 2. The third-order valence-electron chi connectivity index (χ3n) is 3.71. The topological polar surface area (TPSA) is 84.9 Å². The van der Waals surface area contributed by atoms with E-state index in [1.807, 2.05) is 13.0 Å². The maximum Gasteiger partial charge on any atom is 0.339 e. The monoisotopic (exact) mass is 343 g/mol. The van der Waals surface area contributed by atoms with Crippen molar-refractivity contribution in [3.8, 4) is 11.5 Å². The number of hydrogen-bond acceptors (Lipinski definition) is 5. The molecule has 0 aliphatic carbocycles. The Bertz CT molecular complexity index is 800. The quantitative estimate of drug-likeness (QED) is 0.815. The summed E-state index contributed by atoms with van der Waals surface area (Å²) in [6.07, 6.45) is -1.01. The van der Waals surface area contributed by atoms with Crippen LogP contribution in [-0.2, 0) is 9.53 Å². The van der Waals surface area contributed by atoms with E-state index in [0.717, 1.165) is 5.56 Å². The summed E-state index contributed by atoms with van der Waals surface area (Å²) in [4.78, 5) is 24.4. The number of aromatic hydroxyl groups is 1. The molecule has 0 spiro atoms. The number of carbonyl (C=O) groups excluding carboxylic acids is 2. The predicted molar refractivity (Wildman–Crippen MR) is 94.1 cm³/mol. The fourth-order valence-corrected chi connectivity index (χ4v) is 2.17. The molecule has 6 nitrogen and oxygen atoms in total. The first-order chi connectivity index (χ1) is 11.8. The molecule has 0 bridgehead atoms. The average Bonchev–Trinajstić information content (AvgIpc) is 2.57. The largest absolute Gasteiger partial charge is 0.508 e.